The zero-order valence-corrected chi connectivity index (χ0v) is 15.6. The van der Waals surface area contributed by atoms with Gasteiger partial charge in [0, 0.05) is 14.1 Å². The summed E-state index contributed by atoms with van der Waals surface area (Å²) in [5.41, 5.74) is 3.58. The first-order chi connectivity index (χ1) is 12.0. The van der Waals surface area contributed by atoms with E-state index in [1.807, 2.05) is 31.3 Å². The second kappa shape index (κ2) is 9.07. The first kappa shape index (κ1) is 18.8. The number of urea groups is 1. The Balaban J connectivity index is 2.49. The van der Waals surface area contributed by atoms with Gasteiger partial charge >= 0.3 is 6.03 Å². The number of allylic oxidation sites excluding steroid dienone is 1. The fraction of sp³-hybridized carbons (Fsp3) is 0.318. The van der Waals surface area contributed by atoms with Crippen molar-refractivity contribution in [1.82, 2.24) is 10.2 Å². The monoisotopic (exact) mass is 336 g/mol. The third-order valence-corrected chi connectivity index (χ3v) is 4.22. The molecule has 3 nitrogen and oxygen atoms in total. The predicted molar refractivity (Wildman–Crippen MR) is 105 cm³/mol. The maximum absolute atomic E-state index is 12.3. The predicted octanol–water partition coefficient (Wildman–Crippen LogP) is 5.13. The van der Waals surface area contributed by atoms with Crippen LogP contribution in [0.3, 0.4) is 0 Å². The summed E-state index contributed by atoms with van der Waals surface area (Å²) in [6.07, 6.45) is 3.19. The first-order valence-electron chi connectivity index (χ1n) is 8.78. The lowest BCUT2D eigenvalue weighted by Gasteiger charge is -2.27. The molecule has 25 heavy (non-hydrogen) atoms. The van der Waals surface area contributed by atoms with E-state index in [-0.39, 0.29) is 12.1 Å². The zero-order chi connectivity index (χ0) is 18.2. The highest BCUT2D eigenvalue weighted by Gasteiger charge is 2.20. The minimum Gasteiger partial charge on any atom is -0.341 e. The van der Waals surface area contributed by atoms with Crippen molar-refractivity contribution in [3.63, 3.8) is 0 Å². The van der Waals surface area contributed by atoms with Gasteiger partial charge in [0.25, 0.3) is 0 Å². The van der Waals surface area contributed by atoms with E-state index >= 15 is 0 Å². The molecule has 0 aliphatic rings. The summed E-state index contributed by atoms with van der Waals surface area (Å²) in [5.74, 6) is 0.535. The van der Waals surface area contributed by atoms with Gasteiger partial charge < -0.3 is 10.2 Å². The molecular weight excluding hydrogens is 308 g/mol. The van der Waals surface area contributed by atoms with Crippen molar-refractivity contribution in [2.75, 3.05) is 14.1 Å². The molecule has 0 saturated carbocycles. The van der Waals surface area contributed by atoms with Gasteiger partial charge in [-0.25, -0.2) is 4.79 Å². The lowest BCUT2D eigenvalue weighted by molar-refractivity contribution is 0.202. The molecular formula is C22H28N2O. The van der Waals surface area contributed by atoms with Crippen molar-refractivity contribution in [2.45, 2.75) is 26.3 Å². The van der Waals surface area contributed by atoms with Gasteiger partial charge in [0.2, 0.25) is 0 Å². The highest BCUT2D eigenvalue weighted by Crippen LogP contribution is 2.29. The van der Waals surface area contributed by atoms with Gasteiger partial charge in [-0.3, -0.25) is 0 Å². The van der Waals surface area contributed by atoms with E-state index in [1.165, 1.54) is 11.1 Å². The van der Waals surface area contributed by atoms with E-state index in [0.29, 0.717) is 5.92 Å². The van der Waals surface area contributed by atoms with Crippen LogP contribution in [0, 0.1) is 5.92 Å². The van der Waals surface area contributed by atoms with Crippen LogP contribution in [0.15, 0.2) is 66.7 Å². The Morgan fingerprint density at radius 1 is 1.04 bits per heavy atom. The average molecular weight is 336 g/mol. The van der Waals surface area contributed by atoms with E-state index in [0.717, 1.165) is 12.0 Å². The van der Waals surface area contributed by atoms with Crippen LogP contribution >= 0.6 is 0 Å². The summed E-state index contributed by atoms with van der Waals surface area (Å²) in [4.78, 5) is 14.0. The van der Waals surface area contributed by atoms with Gasteiger partial charge in [-0.15, -0.1) is 0 Å². The number of carbonyl (C=O) groups is 1. The van der Waals surface area contributed by atoms with Gasteiger partial charge in [-0.2, -0.15) is 0 Å². The van der Waals surface area contributed by atoms with Crippen LogP contribution in [0.1, 0.15) is 37.4 Å². The van der Waals surface area contributed by atoms with Crippen LogP contribution in [0.2, 0.25) is 0 Å². The molecule has 0 bridgehead atoms. The topological polar surface area (TPSA) is 32.3 Å². The van der Waals surface area contributed by atoms with Crippen LogP contribution in [-0.2, 0) is 0 Å². The Morgan fingerprint density at radius 3 is 2.12 bits per heavy atom. The molecule has 0 fully saturated rings. The molecule has 1 atom stereocenters. The largest absolute Gasteiger partial charge is 0.341 e. The molecule has 0 aliphatic carbocycles. The molecule has 132 valence electrons. The van der Waals surface area contributed by atoms with E-state index < -0.39 is 0 Å². The van der Waals surface area contributed by atoms with Gasteiger partial charge in [0.15, 0.2) is 0 Å². The quantitative estimate of drug-likeness (QED) is 0.779. The van der Waals surface area contributed by atoms with E-state index in [4.69, 9.17) is 0 Å². The lowest BCUT2D eigenvalue weighted by atomic mass is 9.92. The van der Waals surface area contributed by atoms with Crippen molar-refractivity contribution in [2.24, 2.45) is 5.92 Å². The molecule has 2 rings (SSSR count). The van der Waals surface area contributed by atoms with Crippen molar-refractivity contribution >= 4 is 11.6 Å². The van der Waals surface area contributed by atoms with Crippen LogP contribution in [0.25, 0.3) is 5.57 Å². The van der Waals surface area contributed by atoms with Crippen LogP contribution < -0.4 is 5.32 Å². The Bertz CT molecular complexity index is 692. The Hall–Kier alpha value is -2.55. The highest BCUT2D eigenvalue weighted by atomic mass is 16.2. The van der Waals surface area contributed by atoms with Crippen molar-refractivity contribution < 1.29 is 4.79 Å². The SMILES string of the molecule is CNC(=O)N(C)C(/C=C(/CC(C)C)c1ccccc1)c1ccccc1. The molecule has 2 aromatic rings. The highest BCUT2D eigenvalue weighted by molar-refractivity contribution is 5.75. The van der Waals surface area contributed by atoms with E-state index in [1.54, 1.807) is 11.9 Å². The minimum absolute atomic E-state index is 0.0953. The molecule has 2 amide bonds. The molecule has 0 spiro atoms. The molecule has 1 N–H and O–H groups in total. The van der Waals surface area contributed by atoms with Crippen molar-refractivity contribution in [1.29, 1.82) is 0 Å². The van der Waals surface area contributed by atoms with Gasteiger partial charge in [0.1, 0.15) is 0 Å². The molecule has 2 aromatic carbocycles. The summed E-state index contributed by atoms with van der Waals surface area (Å²) in [7, 11) is 3.50. The molecule has 0 heterocycles. The molecule has 0 aromatic heterocycles. The number of nitrogens with zero attached hydrogens (tertiary/aromatic N) is 1. The first-order valence-corrected chi connectivity index (χ1v) is 8.78. The lowest BCUT2D eigenvalue weighted by Crippen LogP contribution is -2.37. The second-order valence-corrected chi connectivity index (χ2v) is 6.68. The summed E-state index contributed by atoms with van der Waals surface area (Å²) < 4.78 is 0. The average Bonchev–Trinajstić information content (AvgIpc) is 2.65. The number of amides is 2. The Kier molecular flexibility index (Phi) is 6.81. The second-order valence-electron chi connectivity index (χ2n) is 6.68. The zero-order valence-electron chi connectivity index (χ0n) is 15.6. The normalized spacial score (nSPS) is 12.8. The minimum atomic E-state index is -0.116. The maximum atomic E-state index is 12.3. The maximum Gasteiger partial charge on any atom is 0.317 e. The number of carbonyl (C=O) groups excluding carboxylic acids is 1. The van der Waals surface area contributed by atoms with Crippen LogP contribution in [-0.4, -0.2) is 25.0 Å². The van der Waals surface area contributed by atoms with Crippen LogP contribution in [0.5, 0.6) is 0 Å². The fourth-order valence-electron chi connectivity index (χ4n) is 2.95. The fourth-order valence-corrected chi connectivity index (χ4v) is 2.95. The molecule has 3 heteroatoms. The molecule has 1 unspecified atom stereocenters. The summed E-state index contributed by atoms with van der Waals surface area (Å²) in [6.45, 7) is 4.44. The standard InChI is InChI=1S/C22H28N2O/c1-17(2)15-20(18-11-7-5-8-12-18)16-21(24(4)22(25)23-3)19-13-9-6-10-14-19/h5-14,16-17,21H,15H2,1-4H3,(H,23,25)/b20-16-. The Labute approximate surface area is 151 Å². The number of hydrogen-bond donors (Lipinski definition) is 1. The van der Waals surface area contributed by atoms with Crippen molar-refractivity contribution in [3.05, 3.63) is 77.9 Å². The third-order valence-electron chi connectivity index (χ3n) is 4.22. The molecule has 0 aliphatic heterocycles. The van der Waals surface area contributed by atoms with Crippen LogP contribution in [0.4, 0.5) is 4.79 Å². The number of nitrogens with one attached hydrogen (secondary N) is 1. The number of hydrogen-bond acceptors (Lipinski definition) is 1. The van der Waals surface area contributed by atoms with Gasteiger partial charge in [-0.1, -0.05) is 80.6 Å². The number of rotatable bonds is 6. The van der Waals surface area contributed by atoms with Gasteiger partial charge in [-0.05, 0) is 29.0 Å². The Morgan fingerprint density at radius 2 is 1.60 bits per heavy atom. The van der Waals surface area contributed by atoms with Gasteiger partial charge in [0.05, 0.1) is 6.04 Å². The van der Waals surface area contributed by atoms with E-state index in [9.17, 15) is 4.79 Å². The summed E-state index contributed by atoms with van der Waals surface area (Å²) in [5, 5.41) is 2.73. The third kappa shape index (κ3) is 5.21. The molecule has 0 radical (unpaired) electrons. The summed E-state index contributed by atoms with van der Waals surface area (Å²) in [6, 6.07) is 20.4. The summed E-state index contributed by atoms with van der Waals surface area (Å²) >= 11 is 0. The van der Waals surface area contributed by atoms with E-state index in [2.05, 4.69) is 61.6 Å². The number of benzene rings is 2. The van der Waals surface area contributed by atoms with Crippen molar-refractivity contribution in [3.8, 4) is 0 Å². The smallest absolute Gasteiger partial charge is 0.317 e. The molecule has 0 saturated heterocycles. The number of likely N-dealkylation sites (N-methyl/N-ethyl adjacent to an activating group) is 1.